The van der Waals surface area contributed by atoms with Gasteiger partial charge in [0.25, 0.3) is 0 Å². The predicted octanol–water partition coefficient (Wildman–Crippen LogP) is 3.56. The van der Waals surface area contributed by atoms with E-state index >= 15 is 0 Å². The molecule has 3 saturated heterocycles. The van der Waals surface area contributed by atoms with Crippen LogP contribution in [-0.2, 0) is 0 Å². The summed E-state index contributed by atoms with van der Waals surface area (Å²) in [7, 11) is -2.22. The zero-order valence-corrected chi connectivity index (χ0v) is 20.8. The van der Waals surface area contributed by atoms with Crippen molar-refractivity contribution in [2.45, 2.75) is 38.5 Å². The Morgan fingerprint density at radius 2 is 1.23 bits per heavy atom. The smallest absolute Gasteiger partial charge is 0.210 e. The lowest BCUT2D eigenvalue weighted by molar-refractivity contribution is 0.169. The maximum absolute atomic E-state index is 7.15. The number of hydrogen-bond donors (Lipinski definition) is 0. The second kappa shape index (κ2) is 8.78. The third-order valence-electron chi connectivity index (χ3n) is 7.55. The Balaban J connectivity index is 1.34. The summed E-state index contributed by atoms with van der Waals surface area (Å²) in [5.41, 5.74) is 4.30. The van der Waals surface area contributed by atoms with Crippen molar-refractivity contribution in [2.24, 2.45) is 0 Å². The van der Waals surface area contributed by atoms with Gasteiger partial charge < -0.3 is 0 Å². The number of fused-ring (bicyclic) bond motifs is 2. The van der Waals surface area contributed by atoms with Crippen LogP contribution < -0.4 is 4.62 Å². The van der Waals surface area contributed by atoms with Gasteiger partial charge in [0.1, 0.15) is 16.6 Å². The van der Waals surface area contributed by atoms with E-state index in [-0.39, 0.29) is 0 Å². The number of rotatable bonds is 6. The monoisotopic (exact) mass is 492 g/mol. The second-order valence-corrected chi connectivity index (χ2v) is 12.6. The molecule has 182 valence electrons. The Bertz CT molecular complexity index is 1290. The summed E-state index contributed by atoms with van der Waals surface area (Å²) < 4.78 is 16.9. The summed E-state index contributed by atoms with van der Waals surface area (Å²) in [5, 5.41) is 17.9. The molecule has 3 aliphatic heterocycles. The van der Waals surface area contributed by atoms with Crippen LogP contribution in [-0.4, -0.2) is 83.4 Å². The van der Waals surface area contributed by atoms with Crippen molar-refractivity contribution in [1.29, 1.82) is 0 Å². The van der Waals surface area contributed by atoms with E-state index in [4.69, 9.17) is 4.62 Å². The van der Waals surface area contributed by atoms with E-state index in [1.807, 2.05) is 47.1 Å². The van der Waals surface area contributed by atoms with Crippen LogP contribution in [0.5, 0.6) is 0 Å². The van der Waals surface area contributed by atoms with Crippen molar-refractivity contribution in [3.63, 3.8) is 0 Å². The standard InChI is InChI=1S/C24H31N9OP/c1-2-11-21-20(10-1)25-27-32(21)22-12-9-13-23-24(22)26-28-33(23)34-35(29-14-3-4-15-29,30-16-5-6-17-30)31-18-7-8-19-31/h1-2,9-13H,3-8,14-19H2/q+1. The van der Waals surface area contributed by atoms with Crippen molar-refractivity contribution >= 4 is 30.0 Å². The van der Waals surface area contributed by atoms with Gasteiger partial charge in [0.2, 0.25) is 0 Å². The molecular formula is C24H31N9OP+. The normalized spacial score (nSPS) is 20.6. The highest BCUT2D eigenvalue weighted by atomic mass is 31.2. The Kier molecular flexibility index (Phi) is 5.42. The molecule has 2 aromatic heterocycles. The molecule has 3 aliphatic rings. The lowest BCUT2D eigenvalue weighted by Crippen LogP contribution is -2.47. The fourth-order valence-corrected chi connectivity index (χ4v) is 9.99. The van der Waals surface area contributed by atoms with E-state index in [0.717, 1.165) is 67.0 Å². The summed E-state index contributed by atoms with van der Waals surface area (Å²) in [4.78, 5) is 1.71. The highest BCUT2D eigenvalue weighted by molar-refractivity contribution is 7.64. The Morgan fingerprint density at radius 3 is 1.89 bits per heavy atom. The fraction of sp³-hybridized carbons (Fsp3) is 0.500. The van der Waals surface area contributed by atoms with E-state index in [1.165, 1.54) is 38.5 Å². The summed E-state index contributed by atoms with van der Waals surface area (Å²) in [5.74, 6) is 0. The largest absolute Gasteiger partial charge is 0.451 e. The number of benzene rings is 2. The molecule has 0 unspecified atom stereocenters. The van der Waals surface area contributed by atoms with Crippen molar-refractivity contribution < 1.29 is 4.62 Å². The van der Waals surface area contributed by atoms with Crippen molar-refractivity contribution in [1.82, 2.24) is 44.2 Å². The number of hydrogen-bond acceptors (Lipinski definition) is 8. The summed E-state index contributed by atoms with van der Waals surface area (Å²) in [6.07, 6.45) is 7.38. The predicted molar refractivity (Wildman–Crippen MR) is 136 cm³/mol. The highest BCUT2D eigenvalue weighted by Gasteiger charge is 2.63. The molecule has 2 aromatic carbocycles. The lowest BCUT2D eigenvalue weighted by atomic mass is 10.2. The van der Waals surface area contributed by atoms with Crippen molar-refractivity contribution in [3.05, 3.63) is 42.5 Å². The van der Waals surface area contributed by atoms with Crippen LogP contribution in [0.1, 0.15) is 38.5 Å². The fourth-order valence-electron chi connectivity index (χ4n) is 5.87. The summed E-state index contributed by atoms with van der Waals surface area (Å²) >= 11 is 0. The molecule has 5 heterocycles. The van der Waals surface area contributed by atoms with Gasteiger partial charge in [-0.05, 0) is 72.8 Å². The Labute approximate surface area is 204 Å². The van der Waals surface area contributed by atoms with E-state index in [2.05, 4.69) is 34.6 Å². The molecule has 0 radical (unpaired) electrons. The molecule has 0 N–H and O–H groups in total. The highest BCUT2D eigenvalue weighted by Crippen LogP contribution is 2.68. The van der Waals surface area contributed by atoms with Crippen LogP contribution in [0.3, 0.4) is 0 Å². The summed E-state index contributed by atoms with van der Waals surface area (Å²) in [6.45, 7) is 6.52. The molecular weight excluding hydrogens is 461 g/mol. The maximum atomic E-state index is 7.15. The van der Waals surface area contributed by atoms with Crippen LogP contribution in [0, 0.1) is 0 Å². The van der Waals surface area contributed by atoms with Gasteiger partial charge in [-0.15, -0.1) is 24.2 Å². The lowest BCUT2D eigenvalue weighted by Gasteiger charge is -2.39. The molecule has 0 amide bonds. The van der Waals surface area contributed by atoms with Crippen LogP contribution in [0.2, 0.25) is 0 Å². The Hall–Kier alpha value is -2.65. The number of para-hydroxylation sites is 1. The van der Waals surface area contributed by atoms with Crippen molar-refractivity contribution in [3.8, 4) is 5.69 Å². The Morgan fingerprint density at radius 1 is 0.629 bits per heavy atom. The van der Waals surface area contributed by atoms with E-state index < -0.39 is 7.94 Å². The van der Waals surface area contributed by atoms with Crippen LogP contribution in [0.15, 0.2) is 42.5 Å². The third kappa shape index (κ3) is 3.46. The zero-order valence-electron chi connectivity index (χ0n) is 19.9. The summed E-state index contributed by atoms with van der Waals surface area (Å²) in [6, 6.07) is 14.1. The molecule has 3 fully saturated rings. The molecule has 0 aliphatic carbocycles. The first kappa shape index (κ1) is 21.6. The minimum Gasteiger partial charge on any atom is -0.210 e. The zero-order chi connectivity index (χ0) is 23.2. The first-order valence-electron chi connectivity index (χ1n) is 12.9. The molecule has 0 spiro atoms. The van der Waals surface area contributed by atoms with E-state index in [0.29, 0.717) is 0 Å². The first-order valence-corrected chi connectivity index (χ1v) is 14.4. The van der Waals surface area contributed by atoms with Gasteiger partial charge >= 0.3 is 7.94 Å². The molecule has 10 nitrogen and oxygen atoms in total. The van der Waals surface area contributed by atoms with Gasteiger partial charge in [-0.25, -0.2) is 4.68 Å². The maximum Gasteiger partial charge on any atom is 0.451 e. The van der Waals surface area contributed by atoms with Gasteiger partial charge in [0, 0.05) is 39.3 Å². The molecule has 7 rings (SSSR count). The first-order chi connectivity index (χ1) is 17.3. The van der Waals surface area contributed by atoms with Gasteiger partial charge in [-0.1, -0.05) is 23.4 Å². The second-order valence-electron chi connectivity index (χ2n) is 9.67. The minimum absolute atomic E-state index is 0.769. The minimum atomic E-state index is -2.22. The number of nitrogens with zero attached hydrogens (tertiary/aromatic N) is 9. The molecule has 35 heavy (non-hydrogen) atoms. The number of aromatic nitrogens is 6. The quantitative estimate of drug-likeness (QED) is 0.378. The topological polar surface area (TPSA) is 80.4 Å². The average molecular weight is 493 g/mol. The molecule has 4 aromatic rings. The molecule has 0 saturated carbocycles. The molecule has 11 heteroatoms. The van der Waals surface area contributed by atoms with Gasteiger partial charge in [0.15, 0.2) is 0 Å². The van der Waals surface area contributed by atoms with Gasteiger partial charge in [-0.3, -0.25) is 0 Å². The van der Waals surface area contributed by atoms with Crippen LogP contribution in [0.4, 0.5) is 0 Å². The van der Waals surface area contributed by atoms with Gasteiger partial charge in [0.05, 0.1) is 11.2 Å². The van der Waals surface area contributed by atoms with Gasteiger partial charge in [-0.2, -0.15) is 4.62 Å². The average Bonchev–Trinajstić information content (AvgIpc) is 3.73. The van der Waals surface area contributed by atoms with E-state index in [1.54, 1.807) is 4.85 Å². The van der Waals surface area contributed by atoms with E-state index in [9.17, 15) is 0 Å². The third-order valence-corrected chi connectivity index (χ3v) is 11.3. The molecule has 0 bridgehead atoms. The SMILES string of the molecule is c1ccc2c(c1)nnn2-c1cccc2c1nnn2O[P+](N1CCCC1)(N1CCCC1)N1CCCC1. The van der Waals surface area contributed by atoms with Crippen molar-refractivity contribution in [2.75, 3.05) is 39.3 Å². The van der Waals surface area contributed by atoms with Crippen LogP contribution >= 0.6 is 7.94 Å². The van der Waals surface area contributed by atoms with Crippen LogP contribution in [0.25, 0.3) is 27.8 Å². The molecule has 0 atom stereocenters.